The molecule has 3 heteroatoms. The van der Waals surface area contributed by atoms with E-state index in [1.807, 2.05) is 7.05 Å². The molecular formula is C13H20N2O. The summed E-state index contributed by atoms with van der Waals surface area (Å²) in [5.74, 6) is 0. The second-order valence-corrected chi connectivity index (χ2v) is 4.46. The molecule has 1 aliphatic heterocycles. The molecule has 1 fully saturated rings. The molecule has 2 unspecified atom stereocenters. The summed E-state index contributed by atoms with van der Waals surface area (Å²) in [7, 11) is 1.95. The second-order valence-electron chi connectivity index (χ2n) is 4.46. The summed E-state index contributed by atoms with van der Waals surface area (Å²) >= 11 is 0. The fraction of sp³-hybridized carbons (Fsp3) is 0.538. The predicted molar refractivity (Wildman–Crippen MR) is 68.2 cm³/mol. The van der Waals surface area contributed by atoms with Crippen LogP contribution in [-0.2, 0) is 4.74 Å². The number of morpholine rings is 1. The molecule has 0 aromatic heterocycles. The third kappa shape index (κ3) is 2.47. The van der Waals surface area contributed by atoms with E-state index < -0.39 is 0 Å². The maximum Gasteiger partial charge on any atom is 0.0726 e. The largest absolute Gasteiger partial charge is 0.388 e. The highest BCUT2D eigenvalue weighted by Crippen LogP contribution is 2.23. The molecule has 16 heavy (non-hydrogen) atoms. The molecule has 3 nitrogen and oxygen atoms in total. The Hall–Kier alpha value is -1.22. The second kappa shape index (κ2) is 4.74. The Morgan fingerprint density at radius 1 is 1.25 bits per heavy atom. The maximum atomic E-state index is 5.74. The molecule has 1 aromatic rings. The average Bonchev–Trinajstić information content (AvgIpc) is 2.28. The van der Waals surface area contributed by atoms with E-state index in [4.69, 9.17) is 4.74 Å². The molecule has 0 radical (unpaired) electrons. The first kappa shape index (κ1) is 11.3. The van der Waals surface area contributed by atoms with Gasteiger partial charge in [-0.05, 0) is 32.0 Å². The lowest BCUT2D eigenvalue weighted by Gasteiger charge is -2.37. The Morgan fingerprint density at radius 3 is 2.56 bits per heavy atom. The van der Waals surface area contributed by atoms with E-state index in [2.05, 4.69) is 48.3 Å². The van der Waals surface area contributed by atoms with Crippen LogP contribution in [0.1, 0.15) is 13.8 Å². The third-order valence-electron chi connectivity index (χ3n) is 2.92. The zero-order valence-corrected chi connectivity index (χ0v) is 10.2. The van der Waals surface area contributed by atoms with E-state index in [0.29, 0.717) is 12.2 Å². The van der Waals surface area contributed by atoms with Crippen molar-refractivity contribution in [3.05, 3.63) is 24.3 Å². The summed E-state index contributed by atoms with van der Waals surface area (Å²) in [5.41, 5.74) is 2.43. The quantitative estimate of drug-likeness (QED) is 0.828. The Kier molecular flexibility index (Phi) is 3.34. The first-order chi connectivity index (χ1) is 7.69. The summed E-state index contributed by atoms with van der Waals surface area (Å²) in [6.45, 7) is 6.20. The van der Waals surface area contributed by atoms with Gasteiger partial charge in [0.1, 0.15) is 0 Å². The summed E-state index contributed by atoms with van der Waals surface area (Å²) < 4.78 is 5.74. The number of nitrogens with one attached hydrogen (secondary N) is 1. The van der Waals surface area contributed by atoms with Crippen LogP contribution in [0.5, 0.6) is 0 Å². The van der Waals surface area contributed by atoms with E-state index in [1.165, 1.54) is 5.69 Å². The zero-order valence-electron chi connectivity index (χ0n) is 10.2. The Bertz CT molecular complexity index is 344. The number of benzene rings is 1. The minimum atomic E-state index is 0.307. The number of rotatable bonds is 2. The molecule has 0 saturated carbocycles. The van der Waals surface area contributed by atoms with Crippen molar-refractivity contribution >= 4 is 11.4 Å². The highest BCUT2D eigenvalue weighted by Gasteiger charge is 2.22. The molecular weight excluding hydrogens is 200 g/mol. The first-order valence-corrected chi connectivity index (χ1v) is 5.87. The van der Waals surface area contributed by atoms with Crippen molar-refractivity contribution in [2.75, 3.05) is 30.4 Å². The fourth-order valence-corrected chi connectivity index (χ4v) is 2.25. The summed E-state index contributed by atoms with van der Waals surface area (Å²) in [5, 5.41) is 3.17. The number of hydrogen-bond donors (Lipinski definition) is 1. The number of anilines is 2. The lowest BCUT2D eigenvalue weighted by atomic mass is 10.2. The summed E-state index contributed by atoms with van der Waals surface area (Å²) in [6, 6.07) is 8.51. The molecule has 1 aromatic carbocycles. The van der Waals surface area contributed by atoms with Gasteiger partial charge in [0.2, 0.25) is 0 Å². The smallest absolute Gasteiger partial charge is 0.0726 e. The third-order valence-corrected chi connectivity index (χ3v) is 2.92. The van der Waals surface area contributed by atoms with Crippen molar-refractivity contribution in [3.8, 4) is 0 Å². The van der Waals surface area contributed by atoms with E-state index in [-0.39, 0.29) is 0 Å². The van der Waals surface area contributed by atoms with Gasteiger partial charge in [-0.1, -0.05) is 6.07 Å². The lowest BCUT2D eigenvalue weighted by Crippen LogP contribution is -2.45. The standard InChI is InChI=1S/C13H20N2O/c1-10-8-15(9-11(2)16-10)13-6-4-5-12(7-13)14-3/h4-7,10-11,14H,8-9H2,1-3H3. The topological polar surface area (TPSA) is 24.5 Å². The molecule has 0 amide bonds. The van der Waals surface area contributed by atoms with Gasteiger partial charge in [-0.3, -0.25) is 0 Å². The van der Waals surface area contributed by atoms with Crippen LogP contribution in [0.2, 0.25) is 0 Å². The highest BCUT2D eigenvalue weighted by molar-refractivity contribution is 5.58. The summed E-state index contributed by atoms with van der Waals surface area (Å²) in [6.07, 6.45) is 0.615. The van der Waals surface area contributed by atoms with Gasteiger partial charge in [0.15, 0.2) is 0 Å². The van der Waals surface area contributed by atoms with E-state index >= 15 is 0 Å². The van der Waals surface area contributed by atoms with E-state index in [1.54, 1.807) is 0 Å². The lowest BCUT2D eigenvalue weighted by molar-refractivity contribution is -0.00521. The van der Waals surface area contributed by atoms with Gasteiger partial charge >= 0.3 is 0 Å². The highest BCUT2D eigenvalue weighted by atomic mass is 16.5. The molecule has 2 atom stereocenters. The number of hydrogen-bond acceptors (Lipinski definition) is 3. The Balaban J connectivity index is 2.16. The molecule has 0 aliphatic carbocycles. The minimum Gasteiger partial charge on any atom is -0.388 e. The normalized spacial score (nSPS) is 25.6. The van der Waals surface area contributed by atoms with Gasteiger partial charge in [0.05, 0.1) is 12.2 Å². The van der Waals surface area contributed by atoms with Gasteiger partial charge in [0.25, 0.3) is 0 Å². The van der Waals surface area contributed by atoms with Gasteiger partial charge < -0.3 is 15.0 Å². The average molecular weight is 220 g/mol. The van der Waals surface area contributed by atoms with Crippen molar-refractivity contribution in [3.63, 3.8) is 0 Å². The Morgan fingerprint density at radius 2 is 1.94 bits per heavy atom. The van der Waals surface area contributed by atoms with Crippen LogP contribution in [0.15, 0.2) is 24.3 Å². The monoisotopic (exact) mass is 220 g/mol. The molecule has 1 saturated heterocycles. The zero-order chi connectivity index (χ0) is 11.5. The summed E-state index contributed by atoms with van der Waals surface area (Å²) in [4.78, 5) is 2.39. The van der Waals surface area contributed by atoms with Gasteiger partial charge in [-0.2, -0.15) is 0 Å². The van der Waals surface area contributed by atoms with Crippen LogP contribution in [0.3, 0.4) is 0 Å². The van der Waals surface area contributed by atoms with Crippen molar-refractivity contribution in [2.24, 2.45) is 0 Å². The molecule has 1 heterocycles. The fourth-order valence-electron chi connectivity index (χ4n) is 2.25. The molecule has 0 bridgehead atoms. The van der Waals surface area contributed by atoms with Crippen molar-refractivity contribution in [2.45, 2.75) is 26.1 Å². The van der Waals surface area contributed by atoms with Crippen LogP contribution in [0.25, 0.3) is 0 Å². The van der Waals surface area contributed by atoms with Gasteiger partial charge in [-0.25, -0.2) is 0 Å². The van der Waals surface area contributed by atoms with Crippen molar-refractivity contribution < 1.29 is 4.74 Å². The van der Waals surface area contributed by atoms with E-state index in [9.17, 15) is 0 Å². The Labute approximate surface area is 97.4 Å². The molecule has 0 spiro atoms. The molecule has 1 N–H and O–H groups in total. The molecule has 1 aliphatic rings. The SMILES string of the molecule is CNc1cccc(N2CC(C)OC(C)C2)c1. The number of ether oxygens (including phenoxy) is 1. The van der Waals surface area contributed by atoms with Crippen LogP contribution in [0.4, 0.5) is 11.4 Å². The van der Waals surface area contributed by atoms with Crippen molar-refractivity contribution in [1.82, 2.24) is 0 Å². The van der Waals surface area contributed by atoms with E-state index in [0.717, 1.165) is 18.8 Å². The van der Waals surface area contributed by atoms with Gasteiger partial charge in [0, 0.05) is 31.5 Å². The van der Waals surface area contributed by atoms with Crippen LogP contribution in [0, 0.1) is 0 Å². The first-order valence-electron chi connectivity index (χ1n) is 5.87. The molecule has 2 rings (SSSR count). The van der Waals surface area contributed by atoms with Crippen LogP contribution >= 0.6 is 0 Å². The van der Waals surface area contributed by atoms with Crippen LogP contribution < -0.4 is 10.2 Å². The molecule has 88 valence electrons. The van der Waals surface area contributed by atoms with Crippen LogP contribution in [-0.4, -0.2) is 32.3 Å². The maximum absolute atomic E-state index is 5.74. The van der Waals surface area contributed by atoms with Gasteiger partial charge in [-0.15, -0.1) is 0 Å². The minimum absolute atomic E-state index is 0.307. The van der Waals surface area contributed by atoms with Crippen molar-refractivity contribution in [1.29, 1.82) is 0 Å². The number of nitrogens with zero attached hydrogens (tertiary/aromatic N) is 1. The predicted octanol–water partition coefficient (Wildman–Crippen LogP) is 2.34.